The molecule has 0 N–H and O–H groups in total. The van der Waals surface area contributed by atoms with Crippen LogP contribution < -0.4 is 19.1 Å². The standard InChI is InChI=1S/C20H23NO4/c1-13-5-7-16-18(9-13)25-15(3)11-21(16)20(22)12-24-17-8-6-14(2)10-19(17)23-4/h5-10,15H,11-12H2,1-4H3/t15-/m1/s1. The normalized spacial score (nSPS) is 16.0. The summed E-state index contributed by atoms with van der Waals surface area (Å²) >= 11 is 0. The van der Waals surface area contributed by atoms with Gasteiger partial charge in [-0.3, -0.25) is 4.79 Å². The van der Waals surface area contributed by atoms with Gasteiger partial charge >= 0.3 is 0 Å². The highest BCUT2D eigenvalue weighted by Crippen LogP contribution is 2.34. The van der Waals surface area contributed by atoms with Gasteiger partial charge in [0.2, 0.25) is 0 Å². The van der Waals surface area contributed by atoms with Crippen molar-refractivity contribution in [1.82, 2.24) is 0 Å². The molecule has 0 spiro atoms. The number of hydrogen-bond acceptors (Lipinski definition) is 4. The maximum absolute atomic E-state index is 12.7. The molecular formula is C20H23NO4. The highest BCUT2D eigenvalue weighted by atomic mass is 16.5. The van der Waals surface area contributed by atoms with E-state index in [1.54, 1.807) is 12.0 Å². The molecule has 1 heterocycles. The lowest BCUT2D eigenvalue weighted by Crippen LogP contribution is -2.44. The van der Waals surface area contributed by atoms with Gasteiger partial charge in [-0.15, -0.1) is 0 Å². The molecule has 0 unspecified atom stereocenters. The van der Waals surface area contributed by atoms with E-state index in [0.29, 0.717) is 18.0 Å². The molecule has 0 radical (unpaired) electrons. The Bertz CT molecular complexity index is 787. The number of carbonyl (C=O) groups is 1. The van der Waals surface area contributed by atoms with E-state index in [9.17, 15) is 4.79 Å². The third-order valence-corrected chi connectivity index (χ3v) is 4.15. The lowest BCUT2D eigenvalue weighted by molar-refractivity contribution is -0.121. The number of aryl methyl sites for hydroxylation is 2. The second-order valence-corrected chi connectivity index (χ2v) is 6.35. The summed E-state index contributed by atoms with van der Waals surface area (Å²) in [6, 6.07) is 11.5. The van der Waals surface area contributed by atoms with Crippen molar-refractivity contribution in [2.75, 3.05) is 25.2 Å². The average Bonchev–Trinajstić information content (AvgIpc) is 2.59. The van der Waals surface area contributed by atoms with E-state index < -0.39 is 0 Å². The van der Waals surface area contributed by atoms with E-state index in [0.717, 1.165) is 22.6 Å². The smallest absolute Gasteiger partial charge is 0.265 e. The maximum Gasteiger partial charge on any atom is 0.265 e. The number of methoxy groups -OCH3 is 1. The van der Waals surface area contributed by atoms with Gasteiger partial charge in [-0.1, -0.05) is 12.1 Å². The number of fused-ring (bicyclic) bond motifs is 1. The van der Waals surface area contributed by atoms with Crippen LogP contribution in [0.4, 0.5) is 5.69 Å². The zero-order valence-electron chi connectivity index (χ0n) is 15.0. The first-order valence-electron chi connectivity index (χ1n) is 8.33. The molecule has 1 amide bonds. The Balaban J connectivity index is 1.76. The van der Waals surface area contributed by atoms with Gasteiger partial charge in [0.15, 0.2) is 18.1 Å². The van der Waals surface area contributed by atoms with Crippen LogP contribution in [0.1, 0.15) is 18.1 Å². The van der Waals surface area contributed by atoms with Crippen molar-refractivity contribution in [3.05, 3.63) is 47.5 Å². The van der Waals surface area contributed by atoms with E-state index in [2.05, 4.69) is 0 Å². The minimum absolute atomic E-state index is 0.0561. The van der Waals surface area contributed by atoms with E-state index in [-0.39, 0.29) is 18.6 Å². The molecule has 3 rings (SSSR count). The van der Waals surface area contributed by atoms with Crippen LogP contribution >= 0.6 is 0 Å². The van der Waals surface area contributed by atoms with Crippen LogP contribution in [0.5, 0.6) is 17.2 Å². The first-order chi connectivity index (χ1) is 12.0. The Kier molecular flexibility index (Phi) is 4.83. The summed E-state index contributed by atoms with van der Waals surface area (Å²) in [5, 5.41) is 0. The van der Waals surface area contributed by atoms with Crippen molar-refractivity contribution in [3.8, 4) is 17.2 Å². The van der Waals surface area contributed by atoms with Crippen molar-refractivity contribution in [2.24, 2.45) is 0 Å². The topological polar surface area (TPSA) is 48.0 Å². The number of ether oxygens (including phenoxy) is 3. The van der Waals surface area contributed by atoms with Crippen LogP contribution in [0.3, 0.4) is 0 Å². The third-order valence-electron chi connectivity index (χ3n) is 4.15. The number of carbonyl (C=O) groups excluding carboxylic acids is 1. The zero-order chi connectivity index (χ0) is 18.0. The molecule has 2 aromatic rings. The summed E-state index contributed by atoms with van der Waals surface area (Å²) in [6.07, 6.45) is -0.0628. The fourth-order valence-electron chi connectivity index (χ4n) is 2.90. The predicted molar refractivity (Wildman–Crippen MR) is 96.8 cm³/mol. The quantitative estimate of drug-likeness (QED) is 0.854. The molecule has 0 saturated carbocycles. The van der Waals surface area contributed by atoms with Gasteiger partial charge in [0.1, 0.15) is 11.9 Å². The lowest BCUT2D eigenvalue weighted by Gasteiger charge is -2.33. The predicted octanol–water partition coefficient (Wildman–Crippen LogP) is 3.50. The molecule has 0 fully saturated rings. The van der Waals surface area contributed by atoms with Crippen LogP contribution in [0, 0.1) is 13.8 Å². The Morgan fingerprint density at radius 2 is 1.88 bits per heavy atom. The summed E-state index contributed by atoms with van der Waals surface area (Å²) < 4.78 is 16.9. The minimum atomic E-state index is -0.108. The van der Waals surface area contributed by atoms with Crippen molar-refractivity contribution in [1.29, 1.82) is 0 Å². The molecule has 0 aliphatic carbocycles. The van der Waals surface area contributed by atoms with Gasteiger partial charge in [0, 0.05) is 0 Å². The largest absolute Gasteiger partial charge is 0.493 e. The molecule has 0 aromatic heterocycles. The van der Waals surface area contributed by atoms with Gasteiger partial charge in [0.25, 0.3) is 5.91 Å². The molecule has 1 aliphatic rings. The number of rotatable bonds is 4. The van der Waals surface area contributed by atoms with Crippen molar-refractivity contribution in [2.45, 2.75) is 26.9 Å². The highest BCUT2D eigenvalue weighted by molar-refractivity contribution is 5.96. The molecular weight excluding hydrogens is 318 g/mol. The molecule has 2 aromatic carbocycles. The van der Waals surface area contributed by atoms with E-state index in [1.807, 2.05) is 57.2 Å². The van der Waals surface area contributed by atoms with E-state index >= 15 is 0 Å². The second kappa shape index (κ2) is 7.05. The van der Waals surface area contributed by atoms with E-state index in [4.69, 9.17) is 14.2 Å². The number of anilines is 1. The molecule has 25 heavy (non-hydrogen) atoms. The first kappa shape index (κ1) is 17.1. The fourth-order valence-corrected chi connectivity index (χ4v) is 2.90. The van der Waals surface area contributed by atoms with Gasteiger partial charge in [-0.05, 0) is 56.2 Å². The Labute approximate surface area is 148 Å². The van der Waals surface area contributed by atoms with Crippen LogP contribution in [0.2, 0.25) is 0 Å². The molecule has 5 heteroatoms. The SMILES string of the molecule is COc1cc(C)ccc1OCC(=O)N1C[C@@H](C)Oc2cc(C)ccc21. The van der Waals surface area contributed by atoms with Gasteiger partial charge in [-0.25, -0.2) is 0 Å². The molecule has 0 bridgehead atoms. The highest BCUT2D eigenvalue weighted by Gasteiger charge is 2.28. The number of hydrogen-bond donors (Lipinski definition) is 0. The van der Waals surface area contributed by atoms with Crippen molar-refractivity contribution in [3.63, 3.8) is 0 Å². The monoisotopic (exact) mass is 341 g/mol. The number of amides is 1. The minimum Gasteiger partial charge on any atom is -0.493 e. The summed E-state index contributed by atoms with van der Waals surface area (Å²) in [7, 11) is 1.59. The molecule has 5 nitrogen and oxygen atoms in total. The molecule has 132 valence electrons. The van der Waals surface area contributed by atoms with Crippen molar-refractivity contribution >= 4 is 11.6 Å². The Morgan fingerprint density at radius 1 is 1.16 bits per heavy atom. The van der Waals surface area contributed by atoms with Crippen LogP contribution in [0.15, 0.2) is 36.4 Å². The summed E-state index contributed by atoms with van der Waals surface area (Å²) in [5.74, 6) is 1.81. The summed E-state index contributed by atoms with van der Waals surface area (Å²) in [4.78, 5) is 14.5. The maximum atomic E-state index is 12.7. The lowest BCUT2D eigenvalue weighted by atomic mass is 10.1. The first-order valence-corrected chi connectivity index (χ1v) is 8.33. The van der Waals surface area contributed by atoms with E-state index in [1.165, 1.54) is 0 Å². The molecule has 1 atom stereocenters. The zero-order valence-corrected chi connectivity index (χ0v) is 15.0. The van der Waals surface area contributed by atoms with Gasteiger partial charge in [0.05, 0.1) is 19.3 Å². The van der Waals surface area contributed by atoms with Crippen LogP contribution in [-0.4, -0.2) is 32.3 Å². The summed E-state index contributed by atoms with van der Waals surface area (Å²) in [5.41, 5.74) is 2.95. The summed E-state index contributed by atoms with van der Waals surface area (Å²) in [6.45, 7) is 6.38. The third kappa shape index (κ3) is 3.71. The van der Waals surface area contributed by atoms with Crippen LogP contribution in [-0.2, 0) is 4.79 Å². The second-order valence-electron chi connectivity index (χ2n) is 6.35. The van der Waals surface area contributed by atoms with Crippen molar-refractivity contribution < 1.29 is 19.0 Å². The number of nitrogens with zero attached hydrogens (tertiary/aromatic N) is 1. The van der Waals surface area contributed by atoms with Crippen LogP contribution in [0.25, 0.3) is 0 Å². The number of benzene rings is 2. The van der Waals surface area contributed by atoms with Gasteiger partial charge < -0.3 is 19.1 Å². The molecule has 0 saturated heterocycles. The Hall–Kier alpha value is -2.69. The Morgan fingerprint density at radius 3 is 2.64 bits per heavy atom. The van der Waals surface area contributed by atoms with Gasteiger partial charge in [-0.2, -0.15) is 0 Å². The fraction of sp³-hybridized carbons (Fsp3) is 0.350. The average molecular weight is 341 g/mol. The molecule has 1 aliphatic heterocycles.